The van der Waals surface area contributed by atoms with Gasteiger partial charge in [0.05, 0.1) is 12.7 Å². The number of rotatable bonds is 2. The number of ether oxygens (including phenoxy) is 1. The van der Waals surface area contributed by atoms with Gasteiger partial charge in [0.1, 0.15) is 11.9 Å². The van der Waals surface area contributed by atoms with Crippen LogP contribution in [0.25, 0.3) is 0 Å². The molecule has 1 unspecified atom stereocenters. The Kier molecular flexibility index (Phi) is 3.22. The van der Waals surface area contributed by atoms with Gasteiger partial charge in [0.2, 0.25) is 0 Å². The molecule has 1 saturated heterocycles. The van der Waals surface area contributed by atoms with Crippen molar-refractivity contribution < 1.29 is 14.3 Å². The normalized spacial score (nSPS) is 19.1. The Bertz CT molecular complexity index is 421. The highest BCUT2D eigenvalue weighted by molar-refractivity contribution is 6.34. The Balaban J connectivity index is 1.90. The average molecular weight is 235 g/mol. The molecular weight excluding hydrogens is 222 g/mol. The summed E-state index contributed by atoms with van der Waals surface area (Å²) in [4.78, 5) is 27.4. The van der Waals surface area contributed by atoms with Crippen LogP contribution in [0.5, 0.6) is 5.75 Å². The lowest BCUT2D eigenvalue weighted by Gasteiger charge is -2.15. The molecule has 1 aliphatic rings. The lowest BCUT2D eigenvalue weighted by molar-refractivity contribution is -0.143. The van der Waals surface area contributed by atoms with E-state index in [0.717, 1.165) is 0 Å². The summed E-state index contributed by atoms with van der Waals surface area (Å²) in [6, 6.07) is 3.57. The molecular formula is C11H13N3O3. The van der Waals surface area contributed by atoms with E-state index in [0.29, 0.717) is 25.3 Å². The number of hydrogen-bond donors (Lipinski definition) is 1. The number of aromatic nitrogens is 1. The zero-order chi connectivity index (χ0) is 12.3. The highest BCUT2D eigenvalue weighted by Gasteiger charge is 2.29. The van der Waals surface area contributed by atoms with Gasteiger partial charge < -0.3 is 15.4 Å². The molecule has 1 aromatic heterocycles. The quantitative estimate of drug-likeness (QED) is 0.703. The van der Waals surface area contributed by atoms with E-state index >= 15 is 0 Å². The number of carbonyl (C=O) groups excluding carboxylic acids is 2. The standard InChI is InChI=1S/C11H13N3O3/c12-10(15)11(16)14-5-3-9(7-14)17-8-2-1-4-13-6-8/h1-2,4,6,9H,3,5,7H2,(H2,12,15). The Hall–Kier alpha value is -2.11. The Morgan fingerprint density at radius 3 is 3.00 bits per heavy atom. The van der Waals surface area contributed by atoms with Gasteiger partial charge in [-0.1, -0.05) is 0 Å². The van der Waals surface area contributed by atoms with Gasteiger partial charge in [-0.15, -0.1) is 0 Å². The van der Waals surface area contributed by atoms with E-state index in [-0.39, 0.29) is 6.10 Å². The van der Waals surface area contributed by atoms with Crippen molar-refractivity contribution in [3.63, 3.8) is 0 Å². The van der Waals surface area contributed by atoms with E-state index in [1.54, 1.807) is 24.5 Å². The van der Waals surface area contributed by atoms with E-state index in [2.05, 4.69) is 4.98 Å². The van der Waals surface area contributed by atoms with Crippen LogP contribution in [-0.2, 0) is 9.59 Å². The molecule has 0 bridgehead atoms. The van der Waals surface area contributed by atoms with Crippen LogP contribution in [0.2, 0.25) is 0 Å². The molecule has 0 saturated carbocycles. The molecule has 90 valence electrons. The first-order valence-electron chi connectivity index (χ1n) is 5.32. The highest BCUT2D eigenvalue weighted by atomic mass is 16.5. The lowest BCUT2D eigenvalue weighted by Crippen LogP contribution is -2.39. The summed E-state index contributed by atoms with van der Waals surface area (Å²) in [6.07, 6.45) is 3.85. The first kappa shape index (κ1) is 11.4. The predicted octanol–water partition coefficient (Wildman–Crippen LogP) is -0.453. The number of nitrogens with two attached hydrogens (primary N) is 1. The third-order valence-electron chi connectivity index (χ3n) is 2.58. The van der Waals surface area contributed by atoms with Gasteiger partial charge in [-0.25, -0.2) is 0 Å². The smallest absolute Gasteiger partial charge is 0.311 e. The van der Waals surface area contributed by atoms with Gasteiger partial charge in [0.15, 0.2) is 0 Å². The summed E-state index contributed by atoms with van der Waals surface area (Å²) < 4.78 is 5.63. The second-order valence-corrected chi connectivity index (χ2v) is 3.83. The number of primary amides is 1. The van der Waals surface area contributed by atoms with Crippen molar-refractivity contribution in [3.05, 3.63) is 24.5 Å². The topological polar surface area (TPSA) is 85.5 Å². The number of carbonyl (C=O) groups is 2. The third kappa shape index (κ3) is 2.72. The summed E-state index contributed by atoms with van der Waals surface area (Å²) in [5.41, 5.74) is 4.93. The summed E-state index contributed by atoms with van der Waals surface area (Å²) in [5, 5.41) is 0. The second-order valence-electron chi connectivity index (χ2n) is 3.83. The number of pyridine rings is 1. The summed E-state index contributed by atoms with van der Waals surface area (Å²) in [6.45, 7) is 0.878. The predicted molar refractivity (Wildman–Crippen MR) is 59.0 cm³/mol. The zero-order valence-corrected chi connectivity index (χ0v) is 9.20. The molecule has 2 rings (SSSR count). The molecule has 1 atom stereocenters. The molecule has 2 N–H and O–H groups in total. The van der Waals surface area contributed by atoms with Gasteiger partial charge in [-0.05, 0) is 12.1 Å². The molecule has 17 heavy (non-hydrogen) atoms. The van der Waals surface area contributed by atoms with Crippen molar-refractivity contribution in [1.82, 2.24) is 9.88 Å². The molecule has 2 amide bonds. The van der Waals surface area contributed by atoms with Crippen molar-refractivity contribution in [3.8, 4) is 5.75 Å². The van der Waals surface area contributed by atoms with Gasteiger partial charge in [-0.2, -0.15) is 0 Å². The van der Waals surface area contributed by atoms with Gasteiger partial charge in [-0.3, -0.25) is 14.6 Å². The largest absolute Gasteiger partial charge is 0.487 e. The summed E-state index contributed by atoms with van der Waals surface area (Å²) in [5.74, 6) is -0.916. The van der Waals surface area contributed by atoms with Crippen molar-refractivity contribution in [1.29, 1.82) is 0 Å². The maximum absolute atomic E-state index is 11.3. The van der Waals surface area contributed by atoms with E-state index in [1.807, 2.05) is 0 Å². The fourth-order valence-corrected chi connectivity index (χ4v) is 1.77. The number of amides is 2. The van der Waals surface area contributed by atoms with Crippen LogP contribution in [0.4, 0.5) is 0 Å². The molecule has 1 fully saturated rings. The number of likely N-dealkylation sites (tertiary alicyclic amines) is 1. The first-order valence-corrected chi connectivity index (χ1v) is 5.32. The Morgan fingerprint density at radius 1 is 1.53 bits per heavy atom. The molecule has 6 nitrogen and oxygen atoms in total. The van der Waals surface area contributed by atoms with Crippen molar-refractivity contribution in [2.75, 3.05) is 13.1 Å². The fraction of sp³-hybridized carbons (Fsp3) is 0.364. The summed E-state index contributed by atoms with van der Waals surface area (Å²) >= 11 is 0. The van der Waals surface area contributed by atoms with Crippen molar-refractivity contribution >= 4 is 11.8 Å². The molecule has 1 aliphatic heterocycles. The van der Waals surface area contributed by atoms with Crippen LogP contribution in [-0.4, -0.2) is 40.9 Å². The highest BCUT2D eigenvalue weighted by Crippen LogP contribution is 2.17. The Labute approximate surface area is 98.4 Å². The fourth-order valence-electron chi connectivity index (χ4n) is 1.77. The van der Waals surface area contributed by atoms with E-state index in [4.69, 9.17) is 10.5 Å². The molecule has 0 aromatic carbocycles. The summed E-state index contributed by atoms with van der Waals surface area (Å²) in [7, 11) is 0. The van der Waals surface area contributed by atoms with Crippen LogP contribution in [0, 0.1) is 0 Å². The van der Waals surface area contributed by atoms with Crippen LogP contribution < -0.4 is 10.5 Å². The molecule has 6 heteroatoms. The molecule has 0 aliphatic carbocycles. The maximum Gasteiger partial charge on any atom is 0.311 e. The van der Waals surface area contributed by atoms with Crippen molar-refractivity contribution in [2.45, 2.75) is 12.5 Å². The minimum absolute atomic E-state index is 0.109. The Morgan fingerprint density at radius 2 is 2.35 bits per heavy atom. The van der Waals surface area contributed by atoms with Crippen LogP contribution in [0.3, 0.4) is 0 Å². The van der Waals surface area contributed by atoms with Crippen LogP contribution in [0.15, 0.2) is 24.5 Å². The SMILES string of the molecule is NC(=O)C(=O)N1CCC(Oc2cccnc2)C1. The maximum atomic E-state index is 11.3. The van der Waals surface area contributed by atoms with Gasteiger partial charge >= 0.3 is 11.8 Å². The minimum Gasteiger partial charge on any atom is -0.487 e. The van der Waals surface area contributed by atoms with Gasteiger partial charge in [0.25, 0.3) is 0 Å². The van der Waals surface area contributed by atoms with Crippen LogP contribution in [0.1, 0.15) is 6.42 Å². The average Bonchev–Trinajstić information content (AvgIpc) is 2.77. The van der Waals surface area contributed by atoms with Crippen molar-refractivity contribution in [2.24, 2.45) is 5.73 Å². The zero-order valence-electron chi connectivity index (χ0n) is 9.20. The molecule has 0 spiro atoms. The molecule has 1 aromatic rings. The number of hydrogen-bond acceptors (Lipinski definition) is 4. The monoisotopic (exact) mass is 235 g/mol. The van der Waals surface area contributed by atoms with Crippen LogP contribution >= 0.6 is 0 Å². The second kappa shape index (κ2) is 4.82. The van der Waals surface area contributed by atoms with E-state index in [1.165, 1.54) is 4.90 Å². The number of nitrogens with zero attached hydrogens (tertiary/aromatic N) is 2. The minimum atomic E-state index is -0.924. The molecule has 2 heterocycles. The molecule has 0 radical (unpaired) electrons. The van der Waals surface area contributed by atoms with Gasteiger partial charge in [0, 0.05) is 19.2 Å². The lowest BCUT2D eigenvalue weighted by atomic mass is 10.3. The first-order chi connectivity index (χ1) is 8.16. The van der Waals surface area contributed by atoms with E-state index in [9.17, 15) is 9.59 Å². The third-order valence-corrected chi connectivity index (χ3v) is 2.58. The van der Waals surface area contributed by atoms with E-state index < -0.39 is 11.8 Å².